The Morgan fingerprint density at radius 3 is 2.25 bits per heavy atom. The zero-order valence-corrected chi connectivity index (χ0v) is 11.9. The summed E-state index contributed by atoms with van der Waals surface area (Å²) in [5.41, 5.74) is 4.25. The smallest absolute Gasteiger partial charge is 0.0838 e. The molecule has 0 bridgehead atoms. The van der Waals surface area contributed by atoms with E-state index in [0.29, 0.717) is 5.92 Å². The number of nitrogens with zero attached hydrogens (tertiary/aromatic N) is 2. The Morgan fingerprint density at radius 2 is 1.80 bits per heavy atom. The van der Waals surface area contributed by atoms with Gasteiger partial charge in [-0.3, -0.25) is 4.98 Å². The minimum absolute atomic E-state index is 0.243. The van der Waals surface area contributed by atoms with Gasteiger partial charge in [-0.15, -0.1) is 0 Å². The van der Waals surface area contributed by atoms with Crippen molar-refractivity contribution in [1.29, 1.82) is 5.26 Å². The molecule has 0 saturated heterocycles. The van der Waals surface area contributed by atoms with Crippen LogP contribution >= 0.6 is 0 Å². The largest absolute Gasteiger partial charge is 0.256 e. The molecular formula is C18H18N2. The quantitative estimate of drug-likeness (QED) is 0.820. The maximum atomic E-state index is 9.20. The average Bonchev–Trinajstić information content (AvgIpc) is 3.29. The van der Waals surface area contributed by atoms with Gasteiger partial charge in [0, 0.05) is 11.8 Å². The third-order valence-electron chi connectivity index (χ3n) is 4.15. The summed E-state index contributed by atoms with van der Waals surface area (Å²) in [7, 11) is 0. The zero-order chi connectivity index (χ0) is 14.2. The average molecular weight is 262 g/mol. The Labute approximate surface area is 120 Å². The van der Waals surface area contributed by atoms with Crippen LogP contribution in [-0.4, -0.2) is 4.98 Å². The molecule has 1 fully saturated rings. The van der Waals surface area contributed by atoms with Gasteiger partial charge in [0.1, 0.15) is 0 Å². The van der Waals surface area contributed by atoms with Gasteiger partial charge in [-0.2, -0.15) is 5.26 Å². The molecule has 0 amide bonds. The van der Waals surface area contributed by atoms with Crippen LogP contribution in [0.4, 0.5) is 0 Å². The molecule has 2 nitrogen and oxygen atoms in total. The first kappa shape index (κ1) is 12.9. The van der Waals surface area contributed by atoms with E-state index in [2.05, 4.69) is 55.2 Å². The maximum absolute atomic E-state index is 9.20. The van der Waals surface area contributed by atoms with Gasteiger partial charge < -0.3 is 0 Å². The van der Waals surface area contributed by atoms with E-state index in [1.807, 2.05) is 12.3 Å². The molecule has 0 spiro atoms. The fraction of sp³-hybridized carbons (Fsp3) is 0.333. The number of hydrogen-bond donors (Lipinski definition) is 0. The lowest BCUT2D eigenvalue weighted by Crippen LogP contribution is -2.02. The van der Waals surface area contributed by atoms with Crippen LogP contribution in [0, 0.1) is 11.3 Å². The lowest BCUT2D eigenvalue weighted by molar-refractivity contribution is 0.867. The molecule has 1 aliphatic carbocycles. The summed E-state index contributed by atoms with van der Waals surface area (Å²) in [6, 6.07) is 15.0. The fourth-order valence-corrected chi connectivity index (χ4v) is 2.48. The van der Waals surface area contributed by atoms with E-state index in [9.17, 15) is 5.26 Å². The third-order valence-corrected chi connectivity index (χ3v) is 4.15. The van der Waals surface area contributed by atoms with E-state index in [4.69, 9.17) is 0 Å². The molecule has 1 aromatic carbocycles. The molecule has 0 unspecified atom stereocenters. The summed E-state index contributed by atoms with van der Waals surface area (Å²) in [6.07, 6.45) is 3.79. The van der Waals surface area contributed by atoms with E-state index in [0.717, 1.165) is 29.7 Å². The topological polar surface area (TPSA) is 36.7 Å². The summed E-state index contributed by atoms with van der Waals surface area (Å²) in [6.45, 7) is 4.39. The SMILES string of the molecule is CC(C)c1ccc(-c2ccc(C3(C#N)CC3)cn2)cc1. The van der Waals surface area contributed by atoms with Crippen molar-refractivity contribution in [1.82, 2.24) is 4.98 Å². The van der Waals surface area contributed by atoms with Crippen LogP contribution in [0.3, 0.4) is 0 Å². The highest BCUT2D eigenvalue weighted by Crippen LogP contribution is 2.47. The van der Waals surface area contributed by atoms with E-state index in [1.54, 1.807) is 0 Å². The van der Waals surface area contributed by atoms with Crippen LogP contribution in [0.1, 0.15) is 43.7 Å². The minimum atomic E-state index is -0.243. The van der Waals surface area contributed by atoms with Crippen molar-refractivity contribution >= 4 is 0 Å². The molecule has 20 heavy (non-hydrogen) atoms. The molecule has 1 saturated carbocycles. The minimum Gasteiger partial charge on any atom is -0.256 e. The van der Waals surface area contributed by atoms with Crippen LogP contribution in [0.25, 0.3) is 11.3 Å². The van der Waals surface area contributed by atoms with Crippen LogP contribution in [0.2, 0.25) is 0 Å². The Hall–Kier alpha value is -2.14. The van der Waals surface area contributed by atoms with Gasteiger partial charge in [0.25, 0.3) is 0 Å². The standard InChI is InChI=1S/C18H18N2/c1-13(2)14-3-5-15(6-4-14)17-8-7-16(11-20-17)18(12-19)9-10-18/h3-8,11,13H,9-10H2,1-2H3. The van der Waals surface area contributed by atoms with Gasteiger partial charge in [0.15, 0.2) is 0 Å². The summed E-state index contributed by atoms with van der Waals surface area (Å²) < 4.78 is 0. The molecule has 1 aliphatic rings. The van der Waals surface area contributed by atoms with Crippen LogP contribution in [0.15, 0.2) is 42.6 Å². The molecule has 0 atom stereocenters. The van der Waals surface area contributed by atoms with Crippen molar-refractivity contribution in [2.45, 2.75) is 38.0 Å². The van der Waals surface area contributed by atoms with Gasteiger partial charge >= 0.3 is 0 Å². The molecule has 3 rings (SSSR count). The maximum Gasteiger partial charge on any atom is 0.0838 e. The number of rotatable bonds is 3. The highest BCUT2D eigenvalue weighted by Gasteiger charge is 2.45. The highest BCUT2D eigenvalue weighted by molar-refractivity contribution is 5.60. The fourth-order valence-electron chi connectivity index (χ4n) is 2.48. The monoisotopic (exact) mass is 262 g/mol. The lowest BCUT2D eigenvalue weighted by Gasteiger charge is -2.08. The molecule has 1 aromatic heterocycles. The summed E-state index contributed by atoms with van der Waals surface area (Å²) in [5.74, 6) is 0.546. The van der Waals surface area contributed by atoms with E-state index < -0.39 is 0 Å². The molecule has 0 aliphatic heterocycles. The molecule has 2 heteroatoms. The third kappa shape index (κ3) is 2.20. The van der Waals surface area contributed by atoms with Crippen LogP contribution < -0.4 is 0 Å². The number of pyridine rings is 1. The van der Waals surface area contributed by atoms with Crippen molar-refractivity contribution in [2.24, 2.45) is 0 Å². The molecule has 100 valence electrons. The Morgan fingerprint density at radius 1 is 1.10 bits per heavy atom. The zero-order valence-electron chi connectivity index (χ0n) is 11.9. The van der Waals surface area contributed by atoms with E-state index in [1.165, 1.54) is 5.56 Å². The van der Waals surface area contributed by atoms with Gasteiger partial charge in [-0.05, 0) is 36.0 Å². The lowest BCUT2D eigenvalue weighted by atomic mass is 9.98. The van der Waals surface area contributed by atoms with Gasteiger partial charge in [-0.25, -0.2) is 0 Å². The van der Waals surface area contributed by atoms with Crippen molar-refractivity contribution in [3.05, 3.63) is 53.7 Å². The second-order valence-electron chi connectivity index (χ2n) is 5.90. The second-order valence-corrected chi connectivity index (χ2v) is 5.90. The van der Waals surface area contributed by atoms with Crippen LogP contribution in [-0.2, 0) is 5.41 Å². The molecule has 0 radical (unpaired) electrons. The second kappa shape index (κ2) is 4.76. The highest BCUT2D eigenvalue weighted by atomic mass is 14.7. The van der Waals surface area contributed by atoms with Crippen molar-refractivity contribution in [2.75, 3.05) is 0 Å². The molecule has 1 heterocycles. The van der Waals surface area contributed by atoms with Crippen molar-refractivity contribution in [3.8, 4) is 17.3 Å². The molecule has 2 aromatic rings. The Balaban J connectivity index is 1.86. The number of hydrogen-bond acceptors (Lipinski definition) is 2. The van der Waals surface area contributed by atoms with E-state index >= 15 is 0 Å². The van der Waals surface area contributed by atoms with Crippen LogP contribution in [0.5, 0.6) is 0 Å². The van der Waals surface area contributed by atoms with Gasteiger partial charge in [0.05, 0.1) is 17.2 Å². The summed E-state index contributed by atoms with van der Waals surface area (Å²) in [4.78, 5) is 4.53. The predicted octanol–water partition coefficient (Wildman–Crippen LogP) is 4.43. The molecule has 0 N–H and O–H groups in total. The Kier molecular flexibility index (Phi) is 3.06. The number of aromatic nitrogens is 1. The van der Waals surface area contributed by atoms with Crippen molar-refractivity contribution in [3.63, 3.8) is 0 Å². The predicted molar refractivity (Wildman–Crippen MR) is 80.3 cm³/mol. The van der Waals surface area contributed by atoms with Gasteiger partial charge in [-0.1, -0.05) is 44.2 Å². The molecular weight excluding hydrogens is 244 g/mol. The Bertz CT molecular complexity index is 641. The van der Waals surface area contributed by atoms with Crippen molar-refractivity contribution < 1.29 is 0 Å². The van der Waals surface area contributed by atoms with E-state index in [-0.39, 0.29) is 5.41 Å². The number of nitriles is 1. The summed E-state index contributed by atoms with van der Waals surface area (Å²) >= 11 is 0. The summed E-state index contributed by atoms with van der Waals surface area (Å²) in [5, 5.41) is 9.20. The first-order valence-corrected chi connectivity index (χ1v) is 7.13. The first-order valence-electron chi connectivity index (χ1n) is 7.13. The number of benzene rings is 1. The van der Waals surface area contributed by atoms with Gasteiger partial charge in [0.2, 0.25) is 0 Å². The first-order chi connectivity index (χ1) is 9.64. The normalized spacial score (nSPS) is 15.9.